The minimum atomic E-state index is -0.794. The zero-order valence-corrected chi connectivity index (χ0v) is 11.9. The van der Waals surface area contributed by atoms with Gasteiger partial charge in [0, 0.05) is 10.9 Å². The Labute approximate surface area is 108 Å². The minimum absolute atomic E-state index is 0.0554. The van der Waals surface area contributed by atoms with Crippen LogP contribution in [0.3, 0.4) is 0 Å². The highest BCUT2D eigenvalue weighted by Gasteiger charge is 2.23. The van der Waals surface area contributed by atoms with E-state index in [1.807, 2.05) is 32.9 Å². The first kappa shape index (κ1) is 13.7. The number of carbonyl (C=O) groups is 1. The summed E-state index contributed by atoms with van der Waals surface area (Å²) >= 11 is 5.02. The molecule has 0 fully saturated rings. The molecule has 0 aliphatic heterocycles. The normalized spacial score (nSPS) is 15.1. The van der Waals surface area contributed by atoms with Gasteiger partial charge in [0.1, 0.15) is 6.04 Å². The van der Waals surface area contributed by atoms with E-state index in [1.165, 1.54) is 0 Å². The SMILES string of the molecule is CC(NC(C(=O)O)C(C)C)c1ccc(Br)s1. The molecule has 0 spiro atoms. The smallest absolute Gasteiger partial charge is 0.320 e. The number of hydrogen-bond acceptors (Lipinski definition) is 3. The molecule has 16 heavy (non-hydrogen) atoms. The van der Waals surface area contributed by atoms with Crippen molar-refractivity contribution in [1.29, 1.82) is 0 Å². The number of rotatable bonds is 5. The van der Waals surface area contributed by atoms with E-state index in [2.05, 4.69) is 21.2 Å². The van der Waals surface area contributed by atoms with E-state index >= 15 is 0 Å². The molecule has 0 saturated heterocycles. The van der Waals surface area contributed by atoms with Crippen molar-refractivity contribution in [1.82, 2.24) is 5.32 Å². The fourth-order valence-corrected chi connectivity index (χ4v) is 2.90. The van der Waals surface area contributed by atoms with E-state index < -0.39 is 12.0 Å². The van der Waals surface area contributed by atoms with Crippen molar-refractivity contribution in [2.75, 3.05) is 0 Å². The molecular formula is C11H16BrNO2S. The van der Waals surface area contributed by atoms with E-state index in [0.29, 0.717) is 0 Å². The predicted molar refractivity (Wildman–Crippen MR) is 69.8 cm³/mol. The standard InChI is InChI=1S/C11H16BrNO2S/c1-6(2)10(11(14)15)13-7(3)8-4-5-9(12)16-8/h4-7,10,13H,1-3H3,(H,14,15). The van der Waals surface area contributed by atoms with Crippen LogP contribution in [0.15, 0.2) is 15.9 Å². The Morgan fingerprint density at radius 2 is 2.06 bits per heavy atom. The predicted octanol–water partition coefficient (Wildman–Crippen LogP) is 3.27. The maximum absolute atomic E-state index is 11.0. The molecule has 0 aromatic carbocycles. The first-order valence-electron chi connectivity index (χ1n) is 5.16. The Morgan fingerprint density at radius 1 is 1.44 bits per heavy atom. The molecule has 0 amide bonds. The number of carboxylic acid groups (broad SMARTS) is 1. The van der Waals surface area contributed by atoms with Gasteiger partial charge in [-0.2, -0.15) is 0 Å². The molecule has 0 radical (unpaired) electrons. The summed E-state index contributed by atoms with van der Waals surface area (Å²) in [6.45, 7) is 5.79. The maximum Gasteiger partial charge on any atom is 0.320 e. The number of aliphatic carboxylic acids is 1. The van der Waals surface area contributed by atoms with Crippen LogP contribution in [0.4, 0.5) is 0 Å². The van der Waals surface area contributed by atoms with Crippen molar-refractivity contribution < 1.29 is 9.90 Å². The summed E-state index contributed by atoms with van der Waals surface area (Å²) in [5.41, 5.74) is 0. The summed E-state index contributed by atoms with van der Waals surface area (Å²) in [6.07, 6.45) is 0. The third-order valence-corrected chi connectivity index (χ3v) is 4.19. The van der Waals surface area contributed by atoms with Gasteiger partial charge in [0.2, 0.25) is 0 Å². The van der Waals surface area contributed by atoms with Crippen molar-refractivity contribution in [2.45, 2.75) is 32.9 Å². The molecule has 0 saturated carbocycles. The van der Waals surface area contributed by atoms with Gasteiger partial charge in [-0.3, -0.25) is 10.1 Å². The molecule has 2 atom stereocenters. The fraction of sp³-hybridized carbons (Fsp3) is 0.545. The summed E-state index contributed by atoms with van der Waals surface area (Å²) < 4.78 is 1.06. The third kappa shape index (κ3) is 3.57. The Kier molecular flexibility index (Phi) is 4.95. The molecule has 5 heteroatoms. The highest BCUT2D eigenvalue weighted by atomic mass is 79.9. The van der Waals surface area contributed by atoms with E-state index in [9.17, 15) is 4.79 Å². The molecule has 90 valence electrons. The number of carboxylic acids is 1. The van der Waals surface area contributed by atoms with Crippen LogP contribution in [0.5, 0.6) is 0 Å². The lowest BCUT2D eigenvalue weighted by atomic mass is 10.0. The zero-order valence-electron chi connectivity index (χ0n) is 9.53. The summed E-state index contributed by atoms with van der Waals surface area (Å²) in [5.74, 6) is -0.721. The van der Waals surface area contributed by atoms with E-state index in [1.54, 1.807) is 11.3 Å². The topological polar surface area (TPSA) is 49.3 Å². The Hall–Kier alpha value is -0.390. The summed E-state index contributed by atoms with van der Waals surface area (Å²) in [7, 11) is 0. The molecule has 2 N–H and O–H groups in total. The minimum Gasteiger partial charge on any atom is -0.480 e. The molecular weight excluding hydrogens is 290 g/mol. The lowest BCUT2D eigenvalue weighted by Crippen LogP contribution is -2.41. The lowest BCUT2D eigenvalue weighted by molar-refractivity contribution is -0.140. The van der Waals surface area contributed by atoms with E-state index in [-0.39, 0.29) is 12.0 Å². The van der Waals surface area contributed by atoms with Gasteiger partial charge < -0.3 is 5.11 Å². The Balaban J connectivity index is 2.68. The molecule has 0 bridgehead atoms. The second kappa shape index (κ2) is 5.80. The second-order valence-corrected chi connectivity index (χ2v) is 6.58. The molecule has 1 heterocycles. The lowest BCUT2D eigenvalue weighted by Gasteiger charge is -2.22. The van der Waals surface area contributed by atoms with Crippen molar-refractivity contribution in [3.05, 3.63) is 20.8 Å². The number of halogens is 1. The van der Waals surface area contributed by atoms with Gasteiger partial charge in [0.25, 0.3) is 0 Å². The van der Waals surface area contributed by atoms with Crippen LogP contribution in [0.25, 0.3) is 0 Å². The van der Waals surface area contributed by atoms with Crippen molar-refractivity contribution >= 4 is 33.2 Å². The van der Waals surface area contributed by atoms with Crippen LogP contribution in [0.2, 0.25) is 0 Å². The van der Waals surface area contributed by atoms with Gasteiger partial charge in [-0.05, 0) is 40.9 Å². The third-order valence-electron chi connectivity index (χ3n) is 2.38. The molecule has 0 aliphatic carbocycles. The van der Waals surface area contributed by atoms with Crippen LogP contribution in [-0.4, -0.2) is 17.1 Å². The maximum atomic E-state index is 11.0. The van der Waals surface area contributed by atoms with Crippen LogP contribution in [-0.2, 0) is 4.79 Å². The number of thiophene rings is 1. The van der Waals surface area contributed by atoms with Crippen molar-refractivity contribution in [3.63, 3.8) is 0 Å². The van der Waals surface area contributed by atoms with Gasteiger partial charge >= 0.3 is 5.97 Å². The molecule has 1 aromatic heterocycles. The van der Waals surface area contributed by atoms with Gasteiger partial charge in [-0.15, -0.1) is 11.3 Å². The summed E-state index contributed by atoms with van der Waals surface area (Å²) in [4.78, 5) is 12.2. The zero-order chi connectivity index (χ0) is 12.3. The number of nitrogens with one attached hydrogen (secondary N) is 1. The second-order valence-electron chi connectivity index (χ2n) is 4.09. The van der Waals surface area contributed by atoms with Crippen LogP contribution in [0.1, 0.15) is 31.7 Å². The van der Waals surface area contributed by atoms with Crippen molar-refractivity contribution in [2.24, 2.45) is 5.92 Å². The van der Waals surface area contributed by atoms with Gasteiger partial charge in [-0.25, -0.2) is 0 Å². The fourth-order valence-electron chi connectivity index (χ4n) is 1.46. The quantitative estimate of drug-likeness (QED) is 0.878. The van der Waals surface area contributed by atoms with Gasteiger partial charge in [0.05, 0.1) is 3.79 Å². The molecule has 3 nitrogen and oxygen atoms in total. The van der Waals surface area contributed by atoms with E-state index in [0.717, 1.165) is 8.66 Å². The average molecular weight is 306 g/mol. The molecule has 2 unspecified atom stereocenters. The Bertz CT molecular complexity index is 365. The first-order valence-corrected chi connectivity index (χ1v) is 6.77. The van der Waals surface area contributed by atoms with Crippen LogP contribution >= 0.6 is 27.3 Å². The first-order chi connectivity index (χ1) is 7.41. The largest absolute Gasteiger partial charge is 0.480 e. The molecule has 1 aromatic rings. The molecule has 0 aliphatic rings. The number of hydrogen-bond donors (Lipinski definition) is 2. The summed E-state index contributed by atoms with van der Waals surface area (Å²) in [6, 6.07) is 3.53. The van der Waals surface area contributed by atoms with Crippen LogP contribution < -0.4 is 5.32 Å². The Morgan fingerprint density at radius 3 is 2.44 bits per heavy atom. The highest BCUT2D eigenvalue weighted by Crippen LogP contribution is 2.27. The van der Waals surface area contributed by atoms with Crippen molar-refractivity contribution in [3.8, 4) is 0 Å². The van der Waals surface area contributed by atoms with E-state index in [4.69, 9.17) is 5.11 Å². The van der Waals surface area contributed by atoms with Gasteiger partial charge in [0.15, 0.2) is 0 Å². The summed E-state index contributed by atoms with van der Waals surface area (Å²) in [5, 5.41) is 12.2. The monoisotopic (exact) mass is 305 g/mol. The van der Waals surface area contributed by atoms with Gasteiger partial charge in [-0.1, -0.05) is 13.8 Å². The molecule has 1 rings (SSSR count). The highest BCUT2D eigenvalue weighted by molar-refractivity contribution is 9.11. The van der Waals surface area contributed by atoms with Crippen LogP contribution in [0, 0.1) is 5.92 Å². The average Bonchev–Trinajstić information content (AvgIpc) is 2.59.